The van der Waals surface area contributed by atoms with Gasteiger partial charge in [0, 0.05) is 19.6 Å². The van der Waals surface area contributed by atoms with Gasteiger partial charge in [0.15, 0.2) is 11.6 Å². The first-order valence-corrected chi connectivity index (χ1v) is 7.30. The van der Waals surface area contributed by atoms with Crippen molar-refractivity contribution in [3.8, 4) is 0 Å². The van der Waals surface area contributed by atoms with Crippen LogP contribution in [0.5, 0.6) is 0 Å². The number of nitrogen functional groups attached to an aromatic ring is 1. The van der Waals surface area contributed by atoms with Crippen molar-refractivity contribution in [2.24, 2.45) is 0 Å². The van der Waals surface area contributed by atoms with Gasteiger partial charge in [-0.1, -0.05) is 0 Å². The number of anilines is 4. The summed E-state index contributed by atoms with van der Waals surface area (Å²) in [6.45, 7) is 7.33. The second kappa shape index (κ2) is 7.03. The van der Waals surface area contributed by atoms with Crippen LogP contribution in [0.25, 0.3) is 11.0 Å². The lowest BCUT2D eigenvalue weighted by molar-refractivity contribution is 0.208. The van der Waals surface area contributed by atoms with Crippen molar-refractivity contribution in [3.63, 3.8) is 0 Å². The molecule has 0 aliphatic carbocycles. The molecule has 0 aliphatic rings. The Morgan fingerprint density at radius 3 is 2.14 bits per heavy atom. The van der Waals surface area contributed by atoms with E-state index in [0.29, 0.717) is 48.3 Å². The first-order valence-electron chi connectivity index (χ1n) is 7.30. The monoisotopic (exact) mass is 306 g/mol. The highest BCUT2D eigenvalue weighted by Crippen LogP contribution is 2.26. The molecule has 0 aliphatic heterocycles. The number of aromatic nitrogens is 4. The van der Waals surface area contributed by atoms with E-state index < -0.39 is 6.10 Å². The van der Waals surface area contributed by atoms with Crippen molar-refractivity contribution in [2.45, 2.75) is 26.9 Å². The molecule has 2 rings (SSSR count). The number of fused-ring (bicyclic) bond motifs is 1. The highest BCUT2D eigenvalue weighted by atomic mass is 16.3. The number of hydrogen-bond donors (Lipinski definition) is 5. The van der Waals surface area contributed by atoms with Gasteiger partial charge in [-0.2, -0.15) is 9.97 Å². The van der Waals surface area contributed by atoms with Gasteiger partial charge in [0.05, 0.1) is 6.10 Å². The average molecular weight is 306 g/mol. The van der Waals surface area contributed by atoms with Gasteiger partial charge in [-0.05, 0) is 20.8 Å². The zero-order chi connectivity index (χ0) is 16.1. The van der Waals surface area contributed by atoms with E-state index in [9.17, 15) is 5.11 Å². The number of nitrogens with two attached hydrogens (primary N) is 1. The lowest BCUT2D eigenvalue weighted by Gasteiger charge is -2.13. The molecule has 0 saturated heterocycles. The Bertz CT molecular complexity index is 645. The molecule has 0 radical (unpaired) electrons. The highest BCUT2D eigenvalue weighted by molar-refractivity contribution is 5.94. The Hall–Kier alpha value is -2.42. The summed E-state index contributed by atoms with van der Waals surface area (Å²) in [6.07, 6.45) is -0.502. The summed E-state index contributed by atoms with van der Waals surface area (Å²) in [7, 11) is 0. The zero-order valence-corrected chi connectivity index (χ0v) is 13.0. The van der Waals surface area contributed by atoms with Crippen LogP contribution in [0.4, 0.5) is 23.5 Å². The number of hydrogen-bond acceptors (Lipinski definition) is 9. The van der Waals surface area contributed by atoms with E-state index in [1.807, 2.05) is 13.8 Å². The Balaban J connectivity index is 2.55. The van der Waals surface area contributed by atoms with Gasteiger partial charge in [-0.15, -0.1) is 0 Å². The van der Waals surface area contributed by atoms with E-state index in [1.54, 1.807) is 6.92 Å². The molecule has 0 bridgehead atoms. The Kier molecular flexibility index (Phi) is 5.10. The molecule has 2 aromatic rings. The predicted octanol–water partition coefficient (Wildman–Crippen LogP) is 0.658. The quantitative estimate of drug-likeness (QED) is 0.500. The summed E-state index contributed by atoms with van der Waals surface area (Å²) in [5, 5.41) is 18.7. The van der Waals surface area contributed by atoms with Crippen molar-refractivity contribution in [2.75, 3.05) is 41.3 Å². The van der Waals surface area contributed by atoms with Gasteiger partial charge in [-0.25, -0.2) is 9.97 Å². The van der Waals surface area contributed by atoms with Gasteiger partial charge >= 0.3 is 0 Å². The molecule has 0 amide bonds. The fraction of sp³-hybridized carbons (Fsp3) is 0.538. The van der Waals surface area contributed by atoms with Crippen LogP contribution in [-0.4, -0.2) is 50.8 Å². The van der Waals surface area contributed by atoms with E-state index in [0.717, 1.165) is 0 Å². The maximum Gasteiger partial charge on any atom is 0.225 e. The molecule has 0 unspecified atom stereocenters. The maximum absolute atomic E-state index is 9.39. The van der Waals surface area contributed by atoms with Crippen molar-refractivity contribution < 1.29 is 5.11 Å². The summed E-state index contributed by atoms with van der Waals surface area (Å²) in [4.78, 5) is 17.2. The second-order valence-electron chi connectivity index (χ2n) is 4.81. The van der Waals surface area contributed by atoms with Gasteiger partial charge in [0.25, 0.3) is 0 Å². The van der Waals surface area contributed by atoms with E-state index in [1.165, 1.54) is 0 Å². The third-order valence-corrected chi connectivity index (χ3v) is 2.81. The number of aliphatic hydroxyl groups excluding tert-OH is 1. The largest absolute Gasteiger partial charge is 0.392 e. The van der Waals surface area contributed by atoms with Crippen molar-refractivity contribution in [3.05, 3.63) is 0 Å². The molecule has 1 atom stereocenters. The van der Waals surface area contributed by atoms with Crippen LogP contribution in [0, 0.1) is 0 Å². The van der Waals surface area contributed by atoms with E-state index in [4.69, 9.17) is 5.73 Å². The number of rotatable bonds is 7. The fourth-order valence-corrected chi connectivity index (χ4v) is 1.93. The van der Waals surface area contributed by atoms with E-state index in [-0.39, 0.29) is 5.95 Å². The van der Waals surface area contributed by atoms with Crippen LogP contribution in [0.2, 0.25) is 0 Å². The molecule has 9 heteroatoms. The number of nitrogens with one attached hydrogen (secondary N) is 3. The van der Waals surface area contributed by atoms with Crippen LogP contribution < -0.4 is 21.7 Å². The Morgan fingerprint density at radius 1 is 0.955 bits per heavy atom. The summed E-state index contributed by atoms with van der Waals surface area (Å²) < 4.78 is 0. The third-order valence-electron chi connectivity index (χ3n) is 2.81. The minimum Gasteiger partial charge on any atom is -0.392 e. The normalized spacial score (nSPS) is 12.2. The molecule has 6 N–H and O–H groups in total. The molecule has 9 nitrogen and oxygen atoms in total. The van der Waals surface area contributed by atoms with Crippen molar-refractivity contribution >= 4 is 34.6 Å². The van der Waals surface area contributed by atoms with Crippen LogP contribution in [0.15, 0.2) is 0 Å². The van der Waals surface area contributed by atoms with E-state index >= 15 is 0 Å². The minimum absolute atomic E-state index is 0.163. The van der Waals surface area contributed by atoms with Gasteiger partial charge in [0.1, 0.15) is 11.0 Å². The van der Waals surface area contributed by atoms with Crippen LogP contribution >= 0.6 is 0 Å². The molecule has 22 heavy (non-hydrogen) atoms. The molecule has 2 heterocycles. The van der Waals surface area contributed by atoms with Crippen molar-refractivity contribution in [1.82, 2.24) is 19.9 Å². The molecular weight excluding hydrogens is 284 g/mol. The number of aliphatic hydroxyl groups is 1. The Morgan fingerprint density at radius 2 is 1.55 bits per heavy atom. The lowest BCUT2D eigenvalue weighted by atomic mass is 10.3. The van der Waals surface area contributed by atoms with Gasteiger partial charge < -0.3 is 26.8 Å². The number of nitrogens with zero attached hydrogens (tertiary/aromatic N) is 4. The molecule has 0 saturated carbocycles. The fourth-order valence-electron chi connectivity index (χ4n) is 1.93. The average Bonchev–Trinajstić information content (AvgIpc) is 2.46. The lowest BCUT2D eigenvalue weighted by Crippen LogP contribution is -2.18. The van der Waals surface area contributed by atoms with E-state index in [2.05, 4.69) is 35.9 Å². The Labute approximate surface area is 128 Å². The summed E-state index contributed by atoms with van der Waals surface area (Å²) in [5.74, 6) is 1.70. The topological polar surface area (TPSA) is 134 Å². The van der Waals surface area contributed by atoms with Gasteiger partial charge in [-0.3, -0.25) is 0 Å². The maximum atomic E-state index is 9.39. The first-order chi connectivity index (χ1) is 10.5. The van der Waals surface area contributed by atoms with Crippen LogP contribution in [-0.2, 0) is 0 Å². The summed E-state index contributed by atoms with van der Waals surface area (Å²) in [6, 6.07) is 0. The summed E-state index contributed by atoms with van der Waals surface area (Å²) in [5.41, 5.74) is 6.90. The second-order valence-corrected chi connectivity index (χ2v) is 4.81. The minimum atomic E-state index is -0.502. The molecular formula is C13H22N8O. The molecule has 0 aromatic carbocycles. The molecule has 0 fully saturated rings. The SMILES string of the molecule is CCNc1nc(NC[C@@H](C)O)nc2c(NCC)nc(N)nc12. The molecule has 120 valence electrons. The molecule has 0 spiro atoms. The predicted molar refractivity (Wildman–Crippen MR) is 88.0 cm³/mol. The van der Waals surface area contributed by atoms with Crippen molar-refractivity contribution in [1.29, 1.82) is 0 Å². The first kappa shape index (κ1) is 16.0. The highest BCUT2D eigenvalue weighted by Gasteiger charge is 2.14. The third kappa shape index (κ3) is 3.61. The smallest absolute Gasteiger partial charge is 0.225 e. The van der Waals surface area contributed by atoms with Gasteiger partial charge in [0.2, 0.25) is 11.9 Å². The summed E-state index contributed by atoms with van der Waals surface area (Å²) >= 11 is 0. The molecule has 2 aromatic heterocycles. The van der Waals surface area contributed by atoms with Crippen LogP contribution in [0.3, 0.4) is 0 Å². The standard InChI is InChI=1S/C13H22N8O/c1-4-15-10-9-8(18-12(14)20-10)11(16-5-2)21-13(19-9)17-6-7(3)22/h7,22H,4-6H2,1-3H3,(H3,14,15,18,20)(H2,16,17,19,21)/t7-/m1/s1. The van der Waals surface area contributed by atoms with Crippen LogP contribution in [0.1, 0.15) is 20.8 Å². The zero-order valence-electron chi connectivity index (χ0n) is 13.0.